The molecule has 0 bridgehead atoms. The van der Waals surface area contributed by atoms with E-state index in [4.69, 9.17) is 0 Å². The molecule has 1 heterocycles. The highest BCUT2D eigenvalue weighted by Crippen LogP contribution is 2.22. The molecule has 2 aromatic rings. The number of nitrogens with zero attached hydrogens (tertiary/aromatic N) is 2. The smallest absolute Gasteiger partial charge is 0.180 e. The number of aryl methyl sites for hydroxylation is 1. The average Bonchev–Trinajstić information content (AvgIpc) is 2.92. The number of ketones is 1. The van der Waals surface area contributed by atoms with Crippen molar-refractivity contribution in [3.63, 3.8) is 0 Å². The van der Waals surface area contributed by atoms with Gasteiger partial charge in [-0.15, -0.1) is 0 Å². The highest BCUT2D eigenvalue weighted by atomic mass is 32.8. The third kappa shape index (κ3) is 5.24. The lowest BCUT2D eigenvalue weighted by molar-refractivity contribution is 0.0888. The Balaban J connectivity index is 2.29. The van der Waals surface area contributed by atoms with Gasteiger partial charge in [0.25, 0.3) is 0 Å². The predicted molar refractivity (Wildman–Crippen MR) is 112 cm³/mol. The third-order valence-corrected chi connectivity index (χ3v) is 5.87. The number of carbonyl (C=O) groups is 1. The Kier molecular flexibility index (Phi) is 7.30. The molecule has 2 rings (SSSR count). The van der Waals surface area contributed by atoms with Gasteiger partial charge in [-0.2, -0.15) is 0 Å². The van der Waals surface area contributed by atoms with Crippen molar-refractivity contribution >= 4 is 25.7 Å². The lowest BCUT2D eigenvalue weighted by Gasteiger charge is -2.20. The Bertz CT molecular complexity index is 903. The number of carbonyl (C=O) groups excluding carboxylic acids is 1. The summed E-state index contributed by atoms with van der Waals surface area (Å²) in [6.45, 7) is 9.83. The van der Waals surface area contributed by atoms with Gasteiger partial charge in [0.2, 0.25) is 0 Å². The van der Waals surface area contributed by atoms with Gasteiger partial charge in [-0.1, -0.05) is 13.8 Å². The van der Waals surface area contributed by atoms with Crippen LogP contribution in [0.3, 0.4) is 0 Å². The second-order valence-electron chi connectivity index (χ2n) is 6.43. The van der Waals surface area contributed by atoms with Crippen LogP contribution in [-0.4, -0.2) is 43.8 Å². The number of likely N-dealkylation sites (N-methyl/N-ethyl adjacent to an activating group) is 1. The molecule has 1 unspecified atom stereocenters. The van der Waals surface area contributed by atoms with Crippen LogP contribution in [0.2, 0.25) is 0 Å². The number of Topliss-reactive ketones (excluding diaryl/α,β-unsaturated/α-hetero) is 1. The number of aromatic nitrogens is 1. The van der Waals surface area contributed by atoms with Crippen molar-refractivity contribution < 1.29 is 13.6 Å². The van der Waals surface area contributed by atoms with Crippen molar-refractivity contribution in [3.05, 3.63) is 47.3 Å². The zero-order valence-electron chi connectivity index (χ0n) is 16.2. The molecule has 0 spiro atoms. The topological polar surface area (TPSA) is 74.6 Å². The van der Waals surface area contributed by atoms with Gasteiger partial charge in [0.15, 0.2) is 14.6 Å². The average molecular weight is 410 g/mol. The summed E-state index contributed by atoms with van der Waals surface area (Å²) in [5, 5.41) is 1.92. The highest BCUT2D eigenvalue weighted by molar-refractivity contribution is 8.29. The molecule has 8 heteroatoms. The maximum atomic E-state index is 12.8. The van der Waals surface area contributed by atoms with E-state index in [-0.39, 0.29) is 10.7 Å². The molecule has 0 fully saturated rings. The van der Waals surface area contributed by atoms with Crippen LogP contribution in [0.1, 0.15) is 42.0 Å². The first-order valence-electron chi connectivity index (χ1n) is 8.97. The Morgan fingerprint density at radius 3 is 2.41 bits per heavy atom. The SMILES string of the molecule is CCCNN(CC)CC(=O)c1cc(C)n(-c2ccc(S(=O)(O)=S)cc2)c1C. The highest BCUT2D eigenvalue weighted by Gasteiger charge is 2.19. The summed E-state index contributed by atoms with van der Waals surface area (Å²) in [7, 11) is -3.40. The zero-order valence-corrected chi connectivity index (χ0v) is 17.8. The first-order valence-corrected chi connectivity index (χ1v) is 11.4. The van der Waals surface area contributed by atoms with E-state index in [1.807, 2.05) is 36.4 Å². The van der Waals surface area contributed by atoms with Crippen molar-refractivity contribution in [2.24, 2.45) is 0 Å². The number of rotatable bonds is 9. The monoisotopic (exact) mass is 409 g/mol. The minimum absolute atomic E-state index is 0.0559. The number of hydrogen-bond donors (Lipinski definition) is 2. The quantitative estimate of drug-likeness (QED) is 0.490. The molecule has 27 heavy (non-hydrogen) atoms. The van der Waals surface area contributed by atoms with Crippen LogP contribution >= 0.6 is 0 Å². The van der Waals surface area contributed by atoms with Gasteiger partial charge in [0.05, 0.1) is 11.4 Å². The summed E-state index contributed by atoms with van der Waals surface area (Å²) in [5.74, 6) is 0.0559. The second kappa shape index (κ2) is 9.07. The lowest BCUT2D eigenvalue weighted by atomic mass is 10.1. The van der Waals surface area contributed by atoms with Gasteiger partial charge >= 0.3 is 0 Å². The Morgan fingerprint density at radius 1 is 1.26 bits per heavy atom. The number of benzene rings is 1. The van der Waals surface area contributed by atoms with Crippen LogP contribution < -0.4 is 5.43 Å². The molecular weight excluding hydrogens is 382 g/mol. The van der Waals surface area contributed by atoms with Crippen molar-refractivity contribution in [2.45, 2.75) is 39.0 Å². The van der Waals surface area contributed by atoms with Crippen LogP contribution in [-0.2, 0) is 20.0 Å². The summed E-state index contributed by atoms with van der Waals surface area (Å²) < 4.78 is 23.0. The fraction of sp³-hybridized carbons (Fsp3) is 0.421. The van der Waals surface area contributed by atoms with Crippen LogP contribution in [0.25, 0.3) is 5.69 Å². The van der Waals surface area contributed by atoms with Gasteiger partial charge in [-0.3, -0.25) is 10.2 Å². The molecular formula is C19H27N3O3S2. The van der Waals surface area contributed by atoms with E-state index in [9.17, 15) is 13.6 Å². The van der Waals surface area contributed by atoms with Gasteiger partial charge in [0.1, 0.15) is 0 Å². The Hall–Kier alpha value is -1.58. The first kappa shape index (κ1) is 21.7. The standard InChI is InChI=1S/C19H27N3O3S2/c1-5-11-20-21(6-2)13-19(23)18-12-14(3)22(15(18)4)16-7-9-17(10-8-16)27(24,25)26/h7-10,12,20H,5-6,11,13H2,1-4H3,(H,24,25,26). The van der Waals surface area contributed by atoms with Crippen molar-refractivity contribution in [1.82, 2.24) is 15.0 Å². The fourth-order valence-corrected chi connectivity index (χ4v) is 3.83. The van der Waals surface area contributed by atoms with Crippen molar-refractivity contribution in [3.8, 4) is 5.69 Å². The molecule has 0 aliphatic rings. The van der Waals surface area contributed by atoms with Crippen LogP contribution in [0, 0.1) is 13.8 Å². The number of hydrogen-bond acceptors (Lipinski definition) is 5. The van der Waals surface area contributed by atoms with Crippen LogP contribution in [0.4, 0.5) is 0 Å². The summed E-state index contributed by atoms with van der Waals surface area (Å²) in [4.78, 5) is 13.0. The molecule has 0 saturated heterocycles. The second-order valence-corrected chi connectivity index (χ2v) is 9.21. The molecule has 0 aliphatic heterocycles. The van der Waals surface area contributed by atoms with Gasteiger partial charge < -0.3 is 9.12 Å². The molecule has 1 atom stereocenters. The first-order chi connectivity index (χ1) is 12.7. The number of nitrogens with one attached hydrogen (secondary N) is 1. The normalized spacial score (nSPS) is 13.7. The fourth-order valence-electron chi connectivity index (χ4n) is 3.02. The van der Waals surface area contributed by atoms with E-state index in [2.05, 4.69) is 23.5 Å². The minimum Gasteiger partial charge on any atom is -0.318 e. The predicted octanol–water partition coefficient (Wildman–Crippen LogP) is 3.09. The molecule has 148 valence electrons. The summed E-state index contributed by atoms with van der Waals surface area (Å²) in [6, 6.07) is 8.48. The van der Waals surface area contributed by atoms with E-state index < -0.39 is 8.77 Å². The maximum Gasteiger partial charge on any atom is 0.180 e. The van der Waals surface area contributed by atoms with Gasteiger partial charge in [0, 0.05) is 46.9 Å². The summed E-state index contributed by atoms with van der Waals surface area (Å²) >= 11 is 4.60. The third-order valence-electron chi connectivity index (χ3n) is 4.43. The molecule has 0 aliphatic carbocycles. The largest absolute Gasteiger partial charge is 0.318 e. The van der Waals surface area contributed by atoms with Gasteiger partial charge in [-0.25, -0.2) is 9.22 Å². The van der Waals surface area contributed by atoms with E-state index >= 15 is 0 Å². The van der Waals surface area contributed by atoms with Crippen molar-refractivity contribution in [2.75, 3.05) is 19.6 Å². The van der Waals surface area contributed by atoms with Crippen molar-refractivity contribution in [1.29, 1.82) is 0 Å². The Morgan fingerprint density at radius 2 is 1.89 bits per heavy atom. The summed E-state index contributed by atoms with van der Waals surface area (Å²) in [5.41, 5.74) is 6.54. The molecule has 1 aromatic carbocycles. The molecule has 0 radical (unpaired) electrons. The molecule has 0 amide bonds. The lowest BCUT2D eigenvalue weighted by Crippen LogP contribution is -2.41. The van der Waals surface area contributed by atoms with E-state index in [0.29, 0.717) is 12.1 Å². The maximum absolute atomic E-state index is 12.8. The molecule has 6 nitrogen and oxygen atoms in total. The van der Waals surface area contributed by atoms with Gasteiger partial charge in [-0.05, 0) is 50.6 Å². The zero-order chi connectivity index (χ0) is 20.2. The van der Waals surface area contributed by atoms with Crippen LogP contribution in [0.15, 0.2) is 35.2 Å². The Labute approximate surface area is 166 Å². The molecule has 1 aromatic heterocycles. The molecule has 0 saturated carbocycles. The van der Waals surface area contributed by atoms with E-state index in [1.54, 1.807) is 24.3 Å². The van der Waals surface area contributed by atoms with E-state index in [0.717, 1.165) is 36.6 Å². The summed E-state index contributed by atoms with van der Waals surface area (Å²) in [6.07, 6.45) is 1.000. The number of hydrazine groups is 1. The van der Waals surface area contributed by atoms with Crippen LogP contribution in [0.5, 0.6) is 0 Å². The van der Waals surface area contributed by atoms with E-state index in [1.165, 1.54) is 0 Å². The minimum atomic E-state index is -3.40. The molecule has 2 N–H and O–H groups in total.